The van der Waals surface area contributed by atoms with E-state index in [-0.39, 0.29) is 5.97 Å². The number of benzene rings is 1. The summed E-state index contributed by atoms with van der Waals surface area (Å²) in [5.41, 5.74) is 5.08. The van der Waals surface area contributed by atoms with Gasteiger partial charge in [-0.3, -0.25) is 4.98 Å². The van der Waals surface area contributed by atoms with Crippen LogP contribution < -0.4 is 0 Å². The van der Waals surface area contributed by atoms with Crippen molar-refractivity contribution in [2.24, 2.45) is 0 Å². The van der Waals surface area contributed by atoms with Gasteiger partial charge < -0.3 is 4.74 Å². The Morgan fingerprint density at radius 3 is 2.85 bits per heavy atom. The van der Waals surface area contributed by atoms with Crippen LogP contribution in [-0.2, 0) is 17.6 Å². The minimum atomic E-state index is -0.334. The smallest absolute Gasteiger partial charge is 0.339 e. The third-order valence-electron chi connectivity index (χ3n) is 3.61. The molecule has 0 fully saturated rings. The number of halogens is 1. The van der Waals surface area contributed by atoms with Gasteiger partial charge in [0.1, 0.15) is 0 Å². The molecule has 0 atom stereocenters. The van der Waals surface area contributed by atoms with Crippen molar-refractivity contribution in [2.75, 3.05) is 7.11 Å². The predicted octanol–water partition coefficient (Wildman–Crippen LogP) is 3.79. The molecule has 20 heavy (non-hydrogen) atoms. The second-order valence-corrected chi connectivity index (χ2v) is 5.79. The highest BCUT2D eigenvalue weighted by molar-refractivity contribution is 9.10. The Morgan fingerprint density at radius 2 is 2.05 bits per heavy atom. The quantitative estimate of drug-likeness (QED) is 0.746. The lowest BCUT2D eigenvalue weighted by molar-refractivity contribution is 0.0600. The van der Waals surface area contributed by atoms with Gasteiger partial charge in [-0.25, -0.2) is 4.79 Å². The lowest BCUT2D eigenvalue weighted by atomic mass is 10.0. The Hall–Kier alpha value is -1.68. The van der Waals surface area contributed by atoms with Crippen LogP contribution in [0.1, 0.15) is 27.9 Å². The van der Waals surface area contributed by atoms with Crippen molar-refractivity contribution in [1.82, 2.24) is 4.98 Å². The standard InChI is InChI=1S/C16H14BrNO2/c1-20-16(19)12-7-11-4-2-3-10-5-6-13(17)8-14(10)15(11)18-9-12/h5-9H,2-4H2,1H3. The van der Waals surface area contributed by atoms with Crippen LogP contribution >= 0.6 is 15.9 Å². The van der Waals surface area contributed by atoms with Gasteiger partial charge in [0.05, 0.1) is 18.4 Å². The number of methoxy groups -OCH3 is 1. The molecule has 3 nitrogen and oxygen atoms in total. The van der Waals surface area contributed by atoms with E-state index in [2.05, 4.69) is 39.1 Å². The van der Waals surface area contributed by atoms with Crippen LogP contribution in [0.5, 0.6) is 0 Å². The number of ether oxygens (including phenoxy) is 1. The number of carbonyl (C=O) groups is 1. The molecule has 0 amide bonds. The average Bonchev–Trinajstić information content (AvgIpc) is 2.64. The fourth-order valence-electron chi connectivity index (χ4n) is 2.63. The van der Waals surface area contributed by atoms with Gasteiger partial charge in [-0.1, -0.05) is 22.0 Å². The summed E-state index contributed by atoms with van der Waals surface area (Å²) in [6.07, 6.45) is 4.63. The van der Waals surface area contributed by atoms with Crippen molar-refractivity contribution in [3.8, 4) is 11.3 Å². The van der Waals surface area contributed by atoms with Crippen molar-refractivity contribution in [1.29, 1.82) is 0 Å². The normalized spacial score (nSPS) is 13.1. The lowest BCUT2D eigenvalue weighted by Crippen LogP contribution is -2.04. The molecular formula is C16H14BrNO2. The highest BCUT2D eigenvalue weighted by Gasteiger charge is 2.18. The van der Waals surface area contributed by atoms with Crippen LogP contribution in [0.15, 0.2) is 34.9 Å². The van der Waals surface area contributed by atoms with Crippen LogP contribution in [0.4, 0.5) is 0 Å². The number of rotatable bonds is 1. The predicted molar refractivity (Wildman–Crippen MR) is 80.7 cm³/mol. The van der Waals surface area contributed by atoms with E-state index < -0.39 is 0 Å². The van der Waals surface area contributed by atoms with Crippen molar-refractivity contribution in [3.05, 3.63) is 51.6 Å². The number of carbonyl (C=O) groups excluding carboxylic acids is 1. The topological polar surface area (TPSA) is 39.2 Å². The Balaban J connectivity index is 2.15. The van der Waals surface area contributed by atoms with E-state index in [1.165, 1.54) is 12.7 Å². The van der Waals surface area contributed by atoms with Crippen LogP contribution in [0.2, 0.25) is 0 Å². The molecule has 0 saturated heterocycles. The molecule has 0 unspecified atom stereocenters. The highest BCUT2D eigenvalue weighted by Crippen LogP contribution is 2.33. The molecule has 0 N–H and O–H groups in total. The zero-order valence-electron chi connectivity index (χ0n) is 11.1. The molecule has 102 valence electrons. The second kappa shape index (κ2) is 5.37. The van der Waals surface area contributed by atoms with Crippen molar-refractivity contribution < 1.29 is 9.53 Å². The summed E-state index contributed by atoms with van der Waals surface area (Å²) in [6.45, 7) is 0. The summed E-state index contributed by atoms with van der Waals surface area (Å²) in [5.74, 6) is -0.334. The Kier molecular flexibility index (Phi) is 3.57. The van der Waals surface area contributed by atoms with E-state index in [0.717, 1.165) is 40.6 Å². The number of hydrogen-bond donors (Lipinski definition) is 0. The first-order valence-corrected chi connectivity index (χ1v) is 7.34. The van der Waals surface area contributed by atoms with Gasteiger partial charge in [-0.2, -0.15) is 0 Å². The maximum atomic E-state index is 11.6. The number of esters is 1. The molecule has 3 rings (SSSR count). The minimum Gasteiger partial charge on any atom is -0.465 e. The fraction of sp³-hybridized carbons (Fsp3) is 0.250. The molecule has 1 aromatic heterocycles. The summed E-state index contributed by atoms with van der Waals surface area (Å²) in [6, 6.07) is 8.21. The number of pyridine rings is 1. The summed E-state index contributed by atoms with van der Waals surface area (Å²) < 4.78 is 5.81. The van der Waals surface area contributed by atoms with Crippen molar-refractivity contribution in [2.45, 2.75) is 19.3 Å². The maximum Gasteiger partial charge on any atom is 0.339 e. The number of aryl methyl sites for hydroxylation is 2. The van der Waals surface area contributed by atoms with Crippen LogP contribution in [0.25, 0.3) is 11.3 Å². The third kappa shape index (κ3) is 2.36. The summed E-state index contributed by atoms with van der Waals surface area (Å²) in [7, 11) is 1.39. The Bertz CT molecular complexity index is 682. The van der Waals surface area contributed by atoms with Crippen molar-refractivity contribution >= 4 is 21.9 Å². The van der Waals surface area contributed by atoms with Gasteiger partial charge in [0.15, 0.2) is 0 Å². The first kappa shape index (κ1) is 13.3. The zero-order valence-corrected chi connectivity index (χ0v) is 12.7. The molecule has 0 bridgehead atoms. The molecule has 0 radical (unpaired) electrons. The van der Waals surface area contributed by atoms with Gasteiger partial charge in [0.25, 0.3) is 0 Å². The van der Waals surface area contributed by atoms with Crippen LogP contribution in [0.3, 0.4) is 0 Å². The van der Waals surface area contributed by atoms with E-state index in [4.69, 9.17) is 4.74 Å². The van der Waals surface area contributed by atoms with Crippen molar-refractivity contribution in [3.63, 3.8) is 0 Å². The fourth-order valence-corrected chi connectivity index (χ4v) is 2.99. The molecule has 0 saturated carbocycles. The number of aromatic nitrogens is 1. The number of hydrogen-bond acceptors (Lipinski definition) is 3. The molecule has 1 aliphatic rings. The number of fused-ring (bicyclic) bond motifs is 3. The van der Waals surface area contributed by atoms with Gasteiger partial charge in [0, 0.05) is 16.2 Å². The largest absolute Gasteiger partial charge is 0.465 e. The summed E-state index contributed by atoms with van der Waals surface area (Å²) >= 11 is 3.51. The number of nitrogens with zero attached hydrogens (tertiary/aromatic N) is 1. The highest BCUT2D eigenvalue weighted by atomic mass is 79.9. The first-order valence-electron chi connectivity index (χ1n) is 6.55. The molecule has 1 heterocycles. The second-order valence-electron chi connectivity index (χ2n) is 4.88. The first-order chi connectivity index (χ1) is 9.69. The zero-order chi connectivity index (χ0) is 14.1. The van der Waals surface area contributed by atoms with Gasteiger partial charge >= 0.3 is 5.97 Å². The third-order valence-corrected chi connectivity index (χ3v) is 4.10. The SMILES string of the molecule is COC(=O)c1cnc2c(c1)CCCc1ccc(Br)cc1-2. The minimum absolute atomic E-state index is 0.334. The van der Waals surface area contributed by atoms with E-state index in [0.29, 0.717) is 5.56 Å². The summed E-state index contributed by atoms with van der Waals surface area (Å²) in [4.78, 5) is 16.1. The molecular weight excluding hydrogens is 318 g/mol. The van der Waals surface area contributed by atoms with E-state index >= 15 is 0 Å². The monoisotopic (exact) mass is 331 g/mol. The molecule has 0 aliphatic heterocycles. The summed E-state index contributed by atoms with van der Waals surface area (Å²) in [5, 5.41) is 0. The van der Waals surface area contributed by atoms with Crippen LogP contribution in [-0.4, -0.2) is 18.1 Å². The molecule has 2 aromatic rings. The molecule has 0 spiro atoms. The van der Waals surface area contributed by atoms with E-state index in [9.17, 15) is 4.79 Å². The van der Waals surface area contributed by atoms with Gasteiger partial charge in [-0.15, -0.1) is 0 Å². The lowest BCUT2D eigenvalue weighted by Gasteiger charge is -2.10. The average molecular weight is 332 g/mol. The van der Waals surface area contributed by atoms with E-state index in [1.54, 1.807) is 6.20 Å². The van der Waals surface area contributed by atoms with Crippen LogP contribution in [0, 0.1) is 0 Å². The van der Waals surface area contributed by atoms with E-state index in [1.807, 2.05) is 6.07 Å². The molecule has 1 aliphatic carbocycles. The Labute approximate surface area is 126 Å². The maximum absolute atomic E-state index is 11.6. The van der Waals surface area contributed by atoms with Gasteiger partial charge in [-0.05, 0) is 48.6 Å². The Morgan fingerprint density at radius 1 is 1.25 bits per heavy atom. The van der Waals surface area contributed by atoms with Gasteiger partial charge in [0.2, 0.25) is 0 Å². The molecule has 1 aromatic carbocycles. The molecule has 4 heteroatoms.